The smallest absolute Gasteiger partial charge is 0.251 e. The SMILES string of the molecule is C=C(c1ccc(C(=O)NCCN)cc1)c1cc2c(cc1C)C(C)(C)CCC2(C)C. The number of hydrogen-bond acceptors (Lipinski definition) is 2. The van der Waals surface area contributed by atoms with Gasteiger partial charge in [0.25, 0.3) is 5.91 Å². The van der Waals surface area contributed by atoms with Crippen molar-refractivity contribution in [2.24, 2.45) is 5.73 Å². The van der Waals surface area contributed by atoms with Crippen LogP contribution in [0.25, 0.3) is 5.57 Å². The largest absolute Gasteiger partial charge is 0.351 e. The maximum absolute atomic E-state index is 12.1. The highest BCUT2D eigenvalue weighted by Gasteiger charge is 2.37. The molecule has 3 heteroatoms. The topological polar surface area (TPSA) is 55.1 Å². The Balaban J connectivity index is 1.95. The summed E-state index contributed by atoms with van der Waals surface area (Å²) in [5, 5.41) is 2.80. The fourth-order valence-corrected chi connectivity index (χ4v) is 4.31. The number of amides is 1. The summed E-state index contributed by atoms with van der Waals surface area (Å²) in [6.45, 7) is 16.9. The van der Waals surface area contributed by atoms with Crippen molar-refractivity contribution in [2.45, 2.75) is 58.3 Å². The molecule has 3 nitrogen and oxygen atoms in total. The second-order valence-corrected chi connectivity index (χ2v) is 9.58. The Hall–Kier alpha value is -2.39. The van der Waals surface area contributed by atoms with E-state index in [-0.39, 0.29) is 16.7 Å². The molecular formula is C26H34N2O. The second-order valence-electron chi connectivity index (χ2n) is 9.58. The molecule has 0 saturated carbocycles. The van der Waals surface area contributed by atoms with Crippen LogP contribution in [-0.4, -0.2) is 19.0 Å². The van der Waals surface area contributed by atoms with Crippen LogP contribution in [0.15, 0.2) is 43.0 Å². The molecule has 29 heavy (non-hydrogen) atoms. The van der Waals surface area contributed by atoms with Crippen LogP contribution in [0.3, 0.4) is 0 Å². The van der Waals surface area contributed by atoms with Gasteiger partial charge in [0.1, 0.15) is 0 Å². The Kier molecular flexibility index (Phi) is 5.73. The van der Waals surface area contributed by atoms with Gasteiger partial charge in [0.2, 0.25) is 0 Å². The predicted molar refractivity (Wildman–Crippen MR) is 122 cm³/mol. The van der Waals surface area contributed by atoms with E-state index in [1.165, 1.54) is 35.1 Å². The van der Waals surface area contributed by atoms with E-state index in [0.29, 0.717) is 18.7 Å². The van der Waals surface area contributed by atoms with Gasteiger partial charge in [-0.15, -0.1) is 0 Å². The molecule has 0 aromatic heterocycles. The van der Waals surface area contributed by atoms with Crippen molar-refractivity contribution in [3.8, 4) is 0 Å². The summed E-state index contributed by atoms with van der Waals surface area (Å²) >= 11 is 0. The zero-order valence-electron chi connectivity index (χ0n) is 18.5. The molecule has 0 aliphatic heterocycles. The summed E-state index contributed by atoms with van der Waals surface area (Å²) in [7, 11) is 0. The number of carbonyl (C=O) groups excluding carboxylic acids is 1. The van der Waals surface area contributed by atoms with Crippen molar-refractivity contribution in [3.05, 3.63) is 76.4 Å². The number of fused-ring (bicyclic) bond motifs is 1. The van der Waals surface area contributed by atoms with Gasteiger partial charge in [-0.3, -0.25) is 4.79 Å². The van der Waals surface area contributed by atoms with Crippen LogP contribution in [0.5, 0.6) is 0 Å². The average molecular weight is 391 g/mol. The Morgan fingerprint density at radius 1 is 1.00 bits per heavy atom. The van der Waals surface area contributed by atoms with Gasteiger partial charge in [0.15, 0.2) is 0 Å². The monoisotopic (exact) mass is 390 g/mol. The third-order valence-electron chi connectivity index (χ3n) is 6.45. The number of hydrogen-bond donors (Lipinski definition) is 2. The van der Waals surface area contributed by atoms with Crippen molar-refractivity contribution in [3.63, 3.8) is 0 Å². The van der Waals surface area contributed by atoms with Gasteiger partial charge >= 0.3 is 0 Å². The first kappa shape index (κ1) is 21.3. The van der Waals surface area contributed by atoms with E-state index in [4.69, 9.17) is 5.73 Å². The van der Waals surface area contributed by atoms with E-state index in [1.54, 1.807) is 0 Å². The number of benzene rings is 2. The van der Waals surface area contributed by atoms with Gasteiger partial charge in [-0.2, -0.15) is 0 Å². The van der Waals surface area contributed by atoms with Gasteiger partial charge in [0, 0.05) is 18.7 Å². The molecule has 0 bridgehead atoms. The van der Waals surface area contributed by atoms with E-state index in [2.05, 4.69) is 58.6 Å². The van der Waals surface area contributed by atoms with Gasteiger partial charge < -0.3 is 11.1 Å². The summed E-state index contributed by atoms with van der Waals surface area (Å²) in [4.78, 5) is 12.1. The second kappa shape index (κ2) is 7.79. The third-order valence-corrected chi connectivity index (χ3v) is 6.45. The van der Waals surface area contributed by atoms with Crippen molar-refractivity contribution < 1.29 is 4.79 Å². The lowest BCUT2D eigenvalue weighted by molar-refractivity contribution is 0.0954. The molecule has 2 aromatic carbocycles. The molecule has 1 aliphatic carbocycles. The van der Waals surface area contributed by atoms with Crippen LogP contribution in [0, 0.1) is 6.92 Å². The molecule has 154 valence electrons. The van der Waals surface area contributed by atoms with Gasteiger partial charge in [-0.25, -0.2) is 0 Å². The molecule has 3 rings (SSSR count). The van der Waals surface area contributed by atoms with E-state index in [0.717, 1.165) is 11.1 Å². The lowest BCUT2D eigenvalue weighted by Crippen LogP contribution is -2.34. The van der Waals surface area contributed by atoms with Crippen LogP contribution < -0.4 is 11.1 Å². The van der Waals surface area contributed by atoms with Crippen LogP contribution in [-0.2, 0) is 10.8 Å². The van der Waals surface area contributed by atoms with Gasteiger partial charge in [-0.1, -0.05) is 58.5 Å². The Morgan fingerprint density at radius 2 is 1.52 bits per heavy atom. The van der Waals surface area contributed by atoms with E-state index >= 15 is 0 Å². The average Bonchev–Trinajstić information content (AvgIpc) is 2.69. The number of nitrogens with one attached hydrogen (secondary N) is 1. The zero-order valence-corrected chi connectivity index (χ0v) is 18.5. The quantitative estimate of drug-likeness (QED) is 0.747. The number of nitrogens with two attached hydrogens (primary N) is 1. The van der Waals surface area contributed by atoms with Crippen LogP contribution in [0.2, 0.25) is 0 Å². The molecule has 0 radical (unpaired) electrons. The first-order chi connectivity index (χ1) is 13.6. The highest BCUT2D eigenvalue weighted by atomic mass is 16.1. The maximum Gasteiger partial charge on any atom is 0.251 e. The Morgan fingerprint density at radius 3 is 2.07 bits per heavy atom. The molecule has 1 aliphatic rings. The predicted octanol–water partition coefficient (Wildman–Crippen LogP) is 5.09. The lowest BCUT2D eigenvalue weighted by atomic mass is 9.62. The fourth-order valence-electron chi connectivity index (χ4n) is 4.31. The van der Waals surface area contributed by atoms with Crippen LogP contribution in [0.1, 0.15) is 78.7 Å². The van der Waals surface area contributed by atoms with Crippen molar-refractivity contribution in [2.75, 3.05) is 13.1 Å². The van der Waals surface area contributed by atoms with Crippen LogP contribution in [0.4, 0.5) is 0 Å². The Labute approximate surface area is 175 Å². The summed E-state index contributed by atoms with van der Waals surface area (Å²) in [6.07, 6.45) is 2.40. The first-order valence-electron chi connectivity index (χ1n) is 10.5. The summed E-state index contributed by atoms with van der Waals surface area (Å²) in [6, 6.07) is 12.4. The van der Waals surface area contributed by atoms with Crippen molar-refractivity contribution in [1.29, 1.82) is 0 Å². The van der Waals surface area contributed by atoms with E-state index in [1.807, 2.05) is 24.3 Å². The highest BCUT2D eigenvalue weighted by Crippen LogP contribution is 2.47. The molecule has 0 heterocycles. The standard InChI is InChI=1S/C26H34N2O/c1-17-15-22-23(26(5,6)12-11-25(22,3)4)16-21(17)18(2)19-7-9-20(10-8-19)24(29)28-14-13-27/h7-10,15-16H,2,11-14,27H2,1,3-6H3,(H,28,29). The first-order valence-corrected chi connectivity index (χ1v) is 10.5. The molecule has 0 atom stereocenters. The number of rotatable bonds is 5. The fraction of sp³-hybridized carbons (Fsp3) is 0.423. The van der Waals surface area contributed by atoms with Crippen molar-refractivity contribution >= 4 is 11.5 Å². The number of aryl methyl sites for hydroxylation is 1. The minimum Gasteiger partial charge on any atom is -0.351 e. The molecule has 0 unspecified atom stereocenters. The molecule has 3 N–H and O–H groups in total. The summed E-state index contributed by atoms with van der Waals surface area (Å²) in [5.74, 6) is -0.0958. The van der Waals surface area contributed by atoms with Crippen molar-refractivity contribution in [1.82, 2.24) is 5.32 Å². The molecule has 0 spiro atoms. The zero-order chi connectivity index (χ0) is 21.4. The minimum atomic E-state index is -0.0958. The van der Waals surface area contributed by atoms with Gasteiger partial charge in [-0.05, 0) is 76.1 Å². The normalized spacial score (nSPS) is 16.8. The Bertz CT molecular complexity index is 936. The summed E-state index contributed by atoms with van der Waals surface area (Å²) < 4.78 is 0. The maximum atomic E-state index is 12.1. The molecule has 2 aromatic rings. The highest BCUT2D eigenvalue weighted by molar-refractivity contribution is 5.94. The van der Waals surface area contributed by atoms with Crippen LogP contribution >= 0.6 is 0 Å². The molecule has 0 saturated heterocycles. The molecule has 0 fully saturated rings. The minimum absolute atomic E-state index is 0.0958. The van der Waals surface area contributed by atoms with E-state index in [9.17, 15) is 4.79 Å². The van der Waals surface area contributed by atoms with E-state index < -0.39 is 0 Å². The third kappa shape index (κ3) is 4.16. The molecular weight excluding hydrogens is 356 g/mol. The lowest BCUT2D eigenvalue weighted by Gasteiger charge is -2.42. The van der Waals surface area contributed by atoms with Gasteiger partial charge in [0.05, 0.1) is 0 Å². The molecule has 1 amide bonds. The number of carbonyl (C=O) groups is 1. The summed E-state index contributed by atoms with van der Waals surface area (Å²) in [5.41, 5.74) is 13.8.